The van der Waals surface area contributed by atoms with Gasteiger partial charge in [-0.05, 0) is 37.8 Å². The lowest BCUT2D eigenvalue weighted by Crippen LogP contribution is -2.39. The molecule has 1 aliphatic rings. The van der Waals surface area contributed by atoms with Crippen molar-refractivity contribution in [3.63, 3.8) is 0 Å². The topological polar surface area (TPSA) is 38.5 Å². The molecule has 3 nitrogen and oxygen atoms in total. The number of hydrogen-bond donors (Lipinski definition) is 1. The molecule has 1 aromatic rings. The molecule has 17 heavy (non-hydrogen) atoms. The quantitative estimate of drug-likeness (QED) is 0.817. The highest BCUT2D eigenvalue weighted by Gasteiger charge is 2.23. The standard InChI is InChI=1S/C14H22N2O/c1-3-11-7-4-5-10-16(11)12-8-6-9-13(17-2)14(12)15/h6,8-9,11H,3-5,7,10,15H2,1-2H3. The molecule has 1 fully saturated rings. The van der Waals surface area contributed by atoms with Crippen molar-refractivity contribution in [1.29, 1.82) is 0 Å². The van der Waals surface area contributed by atoms with Gasteiger partial charge in [0.1, 0.15) is 5.75 Å². The molecule has 2 rings (SSSR count). The highest BCUT2D eigenvalue weighted by molar-refractivity contribution is 5.74. The van der Waals surface area contributed by atoms with E-state index in [1.165, 1.54) is 25.7 Å². The van der Waals surface area contributed by atoms with Gasteiger partial charge in [0, 0.05) is 12.6 Å². The second-order valence-electron chi connectivity index (χ2n) is 4.64. The van der Waals surface area contributed by atoms with Crippen molar-refractivity contribution in [2.24, 2.45) is 0 Å². The zero-order chi connectivity index (χ0) is 12.3. The average molecular weight is 234 g/mol. The molecule has 1 atom stereocenters. The van der Waals surface area contributed by atoms with Gasteiger partial charge in [-0.1, -0.05) is 13.0 Å². The largest absolute Gasteiger partial charge is 0.495 e. The first-order chi connectivity index (χ1) is 8.27. The summed E-state index contributed by atoms with van der Waals surface area (Å²) in [6.07, 6.45) is 5.04. The van der Waals surface area contributed by atoms with Gasteiger partial charge in [0.2, 0.25) is 0 Å². The van der Waals surface area contributed by atoms with Gasteiger partial charge in [-0.3, -0.25) is 0 Å². The van der Waals surface area contributed by atoms with Crippen LogP contribution in [0.1, 0.15) is 32.6 Å². The number of anilines is 2. The number of nitrogens with two attached hydrogens (primary N) is 1. The summed E-state index contributed by atoms with van der Waals surface area (Å²) in [6, 6.07) is 6.67. The Labute approximate surface area is 104 Å². The van der Waals surface area contributed by atoms with E-state index in [2.05, 4.69) is 17.9 Å². The number of piperidine rings is 1. The summed E-state index contributed by atoms with van der Waals surface area (Å²) in [5, 5.41) is 0. The maximum atomic E-state index is 6.17. The van der Waals surface area contributed by atoms with Crippen LogP contribution in [0, 0.1) is 0 Å². The molecule has 0 spiro atoms. The molecule has 94 valence electrons. The van der Waals surface area contributed by atoms with Gasteiger partial charge in [0.15, 0.2) is 0 Å². The Balaban J connectivity index is 2.31. The van der Waals surface area contributed by atoms with Crippen LogP contribution in [0.15, 0.2) is 18.2 Å². The van der Waals surface area contributed by atoms with Gasteiger partial charge in [0.25, 0.3) is 0 Å². The molecular weight excluding hydrogens is 212 g/mol. The summed E-state index contributed by atoms with van der Waals surface area (Å²) < 4.78 is 5.29. The summed E-state index contributed by atoms with van der Waals surface area (Å²) in [7, 11) is 1.67. The monoisotopic (exact) mass is 234 g/mol. The number of para-hydroxylation sites is 1. The lowest BCUT2D eigenvalue weighted by molar-refractivity contribution is 0.415. The molecule has 0 bridgehead atoms. The number of benzene rings is 1. The Morgan fingerprint density at radius 3 is 2.94 bits per heavy atom. The third-order valence-corrected chi connectivity index (χ3v) is 3.67. The van der Waals surface area contributed by atoms with Gasteiger partial charge in [0.05, 0.1) is 18.5 Å². The lowest BCUT2D eigenvalue weighted by Gasteiger charge is -2.38. The van der Waals surface area contributed by atoms with Gasteiger partial charge in [-0.2, -0.15) is 0 Å². The Kier molecular flexibility index (Phi) is 3.77. The molecule has 1 unspecified atom stereocenters. The molecule has 0 amide bonds. The normalized spacial score (nSPS) is 20.4. The number of nitrogens with zero attached hydrogens (tertiary/aromatic N) is 1. The third kappa shape index (κ3) is 2.33. The van der Waals surface area contributed by atoms with E-state index < -0.39 is 0 Å². The van der Waals surface area contributed by atoms with E-state index in [-0.39, 0.29) is 0 Å². The van der Waals surface area contributed by atoms with E-state index in [0.29, 0.717) is 6.04 Å². The van der Waals surface area contributed by atoms with Crippen LogP contribution in [0.3, 0.4) is 0 Å². The Morgan fingerprint density at radius 1 is 1.41 bits per heavy atom. The molecule has 0 aromatic heterocycles. The van der Waals surface area contributed by atoms with Crippen LogP contribution in [-0.2, 0) is 0 Å². The van der Waals surface area contributed by atoms with E-state index in [1.54, 1.807) is 7.11 Å². The minimum atomic E-state index is 0.623. The SMILES string of the molecule is CCC1CCCCN1c1cccc(OC)c1N. The molecule has 2 N–H and O–H groups in total. The molecule has 1 saturated heterocycles. The van der Waals surface area contributed by atoms with Gasteiger partial charge < -0.3 is 15.4 Å². The Morgan fingerprint density at radius 2 is 2.24 bits per heavy atom. The van der Waals surface area contributed by atoms with E-state index in [9.17, 15) is 0 Å². The summed E-state index contributed by atoms with van der Waals surface area (Å²) in [5.74, 6) is 0.780. The number of ether oxygens (including phenoxy) is 1. The minimum absolute atomic E-state index is 0.623. The van der Waals surface area contributed by atoms with Crippen molar-refractivity contribution in [2.75, 3.05) is 24.3 Å². The minimum Gasteiger partial charge on any atom is -0.495 e. The summed E-state index contributed by atoms with van der Waals surface area (Å²) in [6.45, 7) is 3.36. The summed E-state index contributed by atoms with van der Waals surface area (Å²) in [5.41, 5.74) is 8.08. The van der Waals surface area contributed by atoms with Crippen LogP contribution in [0.2, 0.25) is 0 Å². The second-order valence-corrected chi connectivity index (χ2v) is 4.64. The predicted molar refractivity (Wildman–Crippen MR) is 72.7 cm³/mol. The van der Waals surface area contributed by atoms with E-state index in [0.717, 1.165) is 23.7 Å². The van der Waals surface area contributed by atoms with Crippen LogP contribution in [-0.4, -0.2) is 19.7 Å². The Bertz CT molecular complexity index is 378. The number of nitrogen functional groups attached to an aromatic ring is 1. The van der Waals surface area contributed by atoms with Crippen molar-refractivity contribution >= 4 is 11.4 Å². The number of hydrogen-bond acceptors (Lipinski definition) is 3. The van der Waals surface area contributed by atoms with Crippen molar-refractivity contribution in [2.45, 2.75) is 38.6 Å². The highest BCUT2D eigenvalue weighted by Crippen LogP contribution is 2.35. The number of methoxy groups -OCH3 is 1. The molecule has 1 heterocycles. The second kappa shape index (κ2) is 5.30. The van der Waals surface area contributed by atoms with Crippen LogP contribution in [0.5, 0.6) is 5.75 Å². The molecule has 1 aromatic carbocycles. The zero-order valence-corrected chi connectivity index (χ0v) is 10.8. The van der Waals surface area contributed by atoms with Crippen molar-refractivity contribution < 1.29 is 4.74 Å². The maximum absolute atomic E-state index is 6.17. The summed E-state index contributed by atoms with van der Waals surface area (Å²) in [4.78, 5) is 2.45. The van der Waals surface area contributed by atoms with Crippen LogP contribution in [0.25, 0.3) is 0 Å². The third-order valence-electron chi connectivity index (χ3n) is 3.67. The van der Waals surface area contributed by atoms with Gasteiger partial charge >= 0.3 is 0 Å². The highest BCUT2D eigenvalue weighted by atomic mass is 16.5. The first kappa shape index (κ1) is 12.1. The maximum Gasteiger partial charge on any atom is 0.143 e. The number of rotatable bonds is 3. The first-order valence-corrected chi connectivity index (χ1v) is 6.47. The fourth-order valence-electron chi connectivity index (χ4n) is 2.70. The molecule has 0 saturated carbocycles. The van der Waals surface area contributed by atoms with Crippen molar-refractivity contribution in [3.8, 4) is 5.75 Å². The fourth-order valence-corrected chi connectivity index (χ4v) is 2.70. The molecule has 1 aliphatic heterocycles. The van der Waals surface area contributed by atoms with Crippen molar-refractivity contribution in [1.82, 2.24) is 0 Å². The molecular formula is C14H22N2O. The fraction of sp³-hybridized carbons (Fsp3) is 0.571. The van der Waals surface area contributed by atoms with Crippen LogP contribution < -0.4 is 15.4 Å². The zero-order valence-electron chi connectivity index (χ0n) is 10.8. The van der Waals surface area contributed by atoms with Gasteiger partial charge in [-0.25, -0.2) is 0 Å². The average Bonchev–Trinajstić information content (AvgIpc) is 2.39. The first-order valence-electron chi connectivity index (χ1n) is 6.47. The molecule has 3 heteroatoms. The van der Waals surface area contributed by atoms with Crippen LogP contribution in [0.4, 0.5) is 11.4 Å². The predicted octanol–water partition coefficient (Wildman–Crippen LogP) is 3.05. The molecule has 0 aliphatic carbocycles. The smallest absolute Gasteiger partial charge is 0.143 e. The van der Waals surface area contributed by atoms with E-state index >= 15 is 0 Å². The van der Waals surface area contributed by atoms with E-state index in [4.69, 9.17) is 10.5 Å². The summed E-state index contributed by atoms with van der Waals surface area (Å²) >= 11 is 0. The van der Waals surface area contributed by atoms with Crippen molar-refractivity contribution in [3.05, 3.63) is 18.2 Å². The van der Waals surface area contributed by atoms with Crippen LogP contribution >= 0.6 is 0 Å². The van der Waals surface area contributed by atoms with E-state index in [1.807, 2.05) is 12.1 Å². The Hall–Kier alpha value is -1.38. The lowest BCUT2D eigenvalue weighted by atomic mass is 9.99. The van der Waals surface area contributed by atoms with Gasteiger partial charge in [-0.15, -0.1) is 0 Å². The molecule has 0 radical (unpaired) electrons.